The molecule has 2 N–H and O–H groups in total. The number of imidazole rings is 1. The third-order valence-corrected chi connectivity index (χ3v) is 1.73. The molecule has 0 aliphatic rings. The van der Waals surface area contributed by atoms with E-state index in [4.69, 9.17) is 0 Å². The summed E-state index contributed by atoms with van der Waals surface area (Å²) in [4.78, 5) is 21.4. The summed E-state index contributed by atoms with van der Waals surface area (Å²) in [5.41, 5.74) is 2.01. The van der Waals surface area contributed by atoms with E-state index in [0.29, 0.717) is 11.2 Å². The first-order valence-electron chi connectivity index (χ1n) is 3.73. The molecule has 0 spiro atoms. The van der Waals surface area contributed by atoms with E-state index in [-0.39, 0.29) is 5.43 Å². The lowest BCUT2D eigenvalue weighted by atomic mass is 10.3. The summed E-state index contributed by atoms with van der Waals surface area (Å²) in [6.45, 7) is 3.66. The molecule has 2 aromatic heterocycles. The standard InChI is InChI=1S/C8H9N3O/c1-4-3-6(12)7-8(9-4)11-5(2)10-7/h3H,1-2H3,(H2,9,10,11,12). The van der Waals surface area contributed by atoms with Crippen LogP contribution in [-0.4, -0.2) is 15.0 Å². The molecule has 4 nitrogen and oxygen atoms in total. The van der Waals surface area contributed by atoms with Crippen molar-refractivity contribution >= 4 is 11.2 Å². The van der Waals surface area contributed by atoms with E-state index in [1.54, 1.807) is 6.07 Å². The second kappa shape index (κ2) is 2.20. The number of nitrogens with one attached hydrogen (secondary N) is 2. The Bertz CT molecular complexity index is 480. The van der Waals surface area contributed by atoms with E-state index in [1.807, 2.05) is 13.8 Å². The number of H-pyrrole nitrogens is 2. The minimum Gasteiger partial charge on any atom is -0.342 e. The van der Waals surface area contributed by atoms with E-state index in [9.17, 15) is 4.79 Å². The second-order valence-electron chi connectivity index (χ2n) is 2.86. The zero-order valence-electron chi connectivity index (χ0n) is 6.93. The Hall–Kier alpha value is -1.58. The molecule has 0 amide bonds. The number of rotatable bonds is 0. The van der Waals surface area contributed by atoms with Crippen LogP contribution >= 0.6 is 0 Å². The number of hydrogen-bond donors (Lipinski definition) is 2. The molecule has 0 radical (unpaired) electrons. The smallest absolute Gasteiger partial charge is 0.207 e. The Morgan fingerprint density at radius 1 is 1.33 bits per heavy atom. The summed E-state index contributed by atoms with van der Waals surface area (Å²) in [6, 6.07) is 1.56. The van der Waals surface area contributed by atoms with Gasteiger partial charge in [-0.25, -0.2) is 4.98 Å². The quantitative estimate of drug-likeness (QED) is 0.605. The first kappa shape index (κ1) is 7.09. The monoisotopic (exact) mass is 163 g/mol. The van der Waals surface area contributed by atoms with Crippen molar-refractivity contribution in [2.24, 2.45) is 0 Å². The van der Waals surface area contributed by atoms with Gasteiger partial charge < -0.3 is 9.97 Å². The lowest BCUT2D eigenvalue weighted by Crippen LogP contribution is -2.02. The van der Waals surface area contributed by atoms with E-state index < -0.39 is 0 Å². The number of aromatic nitrogens is 3. The molecule has 0 saturated carbocycles. The van der Waals surface area contributed by atoms with Gasteiger partial charge in [-0.1, -0.05) is 0 Å². The SMILES string of the molecule is Cc1cc(=O)c2[nH]c(C)nc2[nH]1. The number of hydrogen-bond acceptors (Lipinski definition) is 2. The van der Waals surface area contributed by atoms with Crippen molar-refractivity contribution in [1.82, 2.24) is 15.0 Å². The van der Waals surface area contributed by atoms with Gasteiger partial charge in [-0.3, -0.25) is 4.79 Å². The normalized spacial score (nSPS) is 10.8. The summed E-state index contributed by atoms with van der Waals surface area (Å²) >= 11 is 0. The topological polar surface area (TPSA) is 61.5 Å². The van der Waals surface area contributed by atoms with Crippen LogP contribution in [0.2, 0.25) is 0 Å². The van der Waals surface area contributed by atoms with Crippen LogP contribution in [0, 0.1) is 13.8 Å². The van der Waals surface area contributed by atoms with Gasteiger partial charge in [0.15, 0.2) is 5.65 Å². The Labute approximate surface area is 68.7 Å². The van der Waals surface area contributed by atoms with E-state index in [0.717, 1.165) is 11.5 Å². The van der Waals surface area contributed by atoms with Crippen molar-refractivity contribution in [3.8, 4) is 0 Å². The molecule has 0 aliphatic heterocycles. The summed E-state index contributed by atoms with van der Waals surface area (Å²) in [6.07, 6.45) is 0. The second-order valence-corrected chi connectivity index (χ2v) is 2.86. The molecule has 0 unspecified atom stereocenters. The highest BCUT2D eigenvalue weighted by molar-refractivity contribution is 5.70. The predicted octanol–water partition coefficient (Wildman–Crippen LogP) is 0.868. The van der Waals surface area contributed by atoms with Crippen molar-refractivity contribution in [3.63, 3.8) is 0 Å². The average Bonchev–Trinajstić information content (AvgIpc) is 2.29. The summed E-state index contributed by atoms with van der Waals surface area (Å²) in [5.74, 6) is 0.754. The zero-order chi connectivity index (χ0) is 8.72. The number of pyridine rings is 1. The number of aromatic amines is 2. The molecule has 0 saturated heterocycles. The Balaban J connectivity index is 2.98. The molecule has 0 aromatic carbocycles. The summed E-state index contributed by atoms with van der Waals surface area (Å²) < 4.78 is 0. The molecule has 2 rings (SSSR count). The van der Waals surface area contributed by atoms with Crippen molar-refractivity contribution in [2.45, 2.75) is 13.8 Å². The fourth-order valence-electron chi connectivity index (χ4n) is 1.25. The van der Waals surface area contributed by atoms with Gasteiger partial charge in [-0.05, 0) is 13.8 Å². The zero-order valence-corrected chi connectivity index (χ0v) is 6.93. The van der Waals surface area contributed by atoms with Gasteiger partial charge in [0.25, 0.3) is 0 Å². The van der Waals surface area contributed by atoms with Crippen molar-refractivity contribution in [2.75, 3.05) is 0 Å². The van der Waals surface area contributed by atoms with Crippen LogP contribution in [0.3, 0.4) is 0 Å². The molecule has 2 aromatic rings. The lowest BCUT2D eigenvalue weighted by Gasteiger charge is -1.90. The Morgan fingerprint density at radius 3 is 2.83 bits per heavy atom. The van der Waals surface area contributed by atoms with Crippen molar-refractivity contribution in [3.05, 3.63) is 27.8 Å². The highest BCUT2D eigenvalue weighted by Gasteiger charge is 2.02. The highest BCUT2D eigenvalue weighted by atomic mass is 16.1. The van der Waals surface area contributed by atoms with Gasteiger partial charge in [-0.15, -0.1) is 0 Å². The van der Waals surface area contributed by atoms with Crippen molar-refractivity contribution in [1.29, 1.82) is 0 Å². The fourth-order valence-corrected chi connectivity index (χ4v) is 1.25. The largest absolute Gasteiger partial charge is 0.342 e. The van der Waals surface area contributed by atoms with Crippen molar-refractivity contribution < 1.29 is 0 Å². The molecule has 0 aliphatic carbocycles. The molecular formula is C8H9N3O. The number of fused-ring (bicyclic) bond motifs is 1. The minimum absolute atomic E-state index is 0.0122. The van der Waals surface area contributed by atoms with Crippen LogP contribution < -0.4 is 5.43 Å². The number of aryl methyl sites for hydroxylation is 2. The fraction of sp³-hybridized carbons (Fsp3) is 0.250. The van der Waals surface area contributed by atoms with Gasteiger partial charge in [0.05, 0.1) is 0 Å². The molecule has 0 atom stereocenters. The van der Waals surface area contributed by atoms with Crippen LogP contribution in [0.25, 0.3) is 11.2 Å². The van der Waals surface area contributed by atoms with Gasteiger partial charge in [0, 0.05) is 11.8 Å². The van der Waals surface area contributed by atoms with Gasteiger partial charge >= 0.3 is 0 Å². The molecule has 4 heteroatoms. The maximum atomic E-state index is 11.3. The lowest BCUT2D eigenvalue weighted by molar-refractivity contribution is 1.15. The molecule has 12 heavy (non-hydrogen) atoms. The van der Waals surface area contributed by atoms with Gasteiger partial charge in [0.2, 0.25) is 5.43 Å². The van der Waals surface area contributed by atoms with Gasteiger partial charge in [-0.2, -0.15) is 0 Å². The number of nitrogens with zero attached hydrogens (tertiary/aromatic N) is 1. The predicted molar refractivity (Wildman–Crippen MR) is 46.2 cm³/mol. The molecule has 2 heterocycles. The first-order chi connectivity index (χ1) is 5.66. The summed E-state index contributed by atoms with van der Waals surface area (Å²) in [7, 11) is 0. The van der Waals surface area contributed by atoms with Crippen LogP contribution in [0.4, 0.5) is 0 Å². The third-order valence-electron chi connectivity index (χ3n) is 1.73. The van der Waals surface area contributed by atoms with E-state index in [2.05, 4.69) is 15.0 Å². The minimum atomic E-state index is -0.0122. The third kappa shape index (κ3) is 0.922. The van der Waals surface area contributed by atoms with Crippen LogP contribution in [0.1, 0.15) is 11.5 Å². The van der Waals surface area contributed by atoms with Crippen LogP contribution in [0.5, 0.6) is 0 Å². The maximum Gasteiger partial charge on any atom is 0.207 e. The Kier molecular flexibility index (Phi) is 1.30. The molecule has 62 valence electrons. The van der Waals surface area contributed by atoms with Crippen LogP contribution in [0.15, 0.2) is 10.9 Å². The Morgan fingerprint density at radius 2 is 2.08 bits per heavy atom. The van der Waals surface area contributed by atoms with Crippen LogP contribution in [-0.2, 0) is 0 Å². The maximum absolute atomic E-state index is 11.3. The van der Waals surface area contributed by atoms with Gasteiger partial charge in [0.1, 0.15) is 11.3 Å². The van der Waals surface area contributed by atoms with E-state index in [1.165, 1.54) is 0 Å². The highest BCUT2D eigenvalue weighted by Crippen LogP contribution is 2.03. The average molecular weight is 163 g/mol. The first-order valence-corrected chi connectivity index (χ1v) is 3.73. The molecule has 0 bridgehead atoms. The summed E-state index contributed by atoms with van der Waals surface area (Å²) in [5, 5.41) is 0. The van der Waals surface area contributed by atoms with E-state index >= 15 is 0 Å². The molecule has 0 fully saturated rings. The molecular weight excluding hydrogens is 154 g/mol.